The Morgan fingerprint density at radius 3 is 2.67 bits per heavy atom. The van der Waals surface area contributed by atoms with Crippen LogP contribution in [-0.2, 0) is 11.2 Å². The van der Waals surface area contributed by atoms with Crippen LogP contribution in [0, 0.1) is 0 Å². The first-order chi connectivity index (χ1) is 10.1. The third-order valence-electron chi connectivity index (χ3n) is 3.43. The van der Waals surface area contributed by atoms with Gasteiger partial charge in [0, 0.05) is 22.8 Å². The zero-order valence-electron chi connectivity index (χ0n) is 10.9. The van der Waals surface area contributed by atoms with E-state index in [9.17, 15) is 14.7 Å². The summed E-state index contributed by atoms with van der Waals surface area (Å²) >= 11 is 3.26. The zero-order chi connectivity index (χ0) is 15.0. The van der Waals surface area contributed by atoms with Crippen LogP contribution in [0.1, 0.15) is 16.1 Å². The molecule has 1 aliphatic heterocycles. The van der Waals surface area contributed by atoms with Crippen molar-refractivity contribution in [2.75, 3.05) is 4.90 Å². The summed E-state index contributed by atoms with van der Waals surface area (Å²) in [6, 6.07) is 9.62. The van der Waals surface area contributed by atoms with Crippen molar-refractivity contribution in [2.45, 2.75) is 12.5 Å². The number of fused-ring (bicyclic) bond motifs is 1. The highest BCUT2D eigenvalue weighted by molar-refractivity contribution is 9.10. The van der Waals surface area contributed by atoms with E-state index in [1.165, 1.54) is 11.1 Å². The number of carboxylic acids is 1. The highest BCUT2D eigenvalue weighted by Crippen LogP contribution is 2.33. The summed E-state index contributed by atoms with van der Waals surface area (Å²) in [7, 11) is 0. The van der Waals surface area contributed by atoms with Gasteiger partial charge in [-0.1, -0.05) is 18.2 Å². The van der Waals surface area contributed by atoms with Crippen LogP contribution in [0.3, 0.4) is 0 Å². The highest BCUT2D eigenvalue weighted by Gasteiger charge is 2.38. The predicted molar refractivity (Wildman–Crippen MR) is 80.3 cm³/mol. The number of aliphatic carboxylic acids is 1. The number of anilines is 1. The van der Waals surface area contributed by atoms with Gasteiger partial charge >= 0.3 is 5.97 Å². The Balaban J connectivity index is 2.03. The fraction of sp³-hybridized carbons (Fsp3) is 0.133. The molecule has 0 aliphatic carbocycles. The van der Waals surface area contributed by atoms with Gasteiger partial charge < -0.3 is 5.11 Å². The Morgan fingerprint density at radius 1 is 1.24 bits per heavy atom. The van der Waals surface area contributed by atoms with Gasteiger partial charge in [0.2, 0.25) is 0 Å². The fourth-order valence-electron chi connectivity index (χ4n) is 2.46. The van der Waals surface area contributed by atoms with E-state index >= 15 is 0 Å². The third kappa shape index (κ3) is 2.42. The second kappa shape index (κ2) is 5.29. The van der Waals surface area contributed by atoms with Crippen LogP contribution in [0.2, 0.25) is 0 Å². The molecule has 3 rings (SSSR count). The number of carbonyl (C=O) groups excluding carboxylic acids is 1. The summed E-state index contributed by atoms with van der Waals surface area (Å²) in [6.45, 7) is 0. The van der Waals surface area contributed by atoms with Crippen LogP contribution in [0.4, 0.5) is 5.69 Å². The molecule has 0 radical (unpaired) electrons. The second-order valence-corrected chi connectivity index (χ2v) is 5.64. The summed E-state index contributed by atoms with van der Waals surface area (Å²) < 4.78 is 0.760. The first-order valence-corrected chi connectivity index (χ1v) is 7.13. The molecule has 21 heavy (non-hydrogen) atoms. The van der Waals surface area contributed by atoms with Gasteiger partial charge in [-0.15, -0.1) is 0 Å². The molecular weight excluding hydrogens is 336 g/mol. The molecule has 1 amide bonds. The van der Waals surface area contributed by atoms with Gasteiger partial charge in [0.15, 0.2) is 0 Å². The Kier molecular flexibility index (Phi) is 3.47. The number of halogens is 1. The summed E-state index contributed by atoms with van der Waals surface area (Å²) in [6.07, 6.45) is 1.83. The highest BCUT2D eigenvalue weighted by atomic mass is 79.9. The summed E-state index contributed by atoms with van der Waals surface area (Å²) in [5.74, 6) is -1.42. The molecule has 2 heterocycles. The molecule has 5 nitrogen and oxygen atoms in total. The number of amides is 1. The first-order valence-electron chi connectivity index (χ1n) is 6.34. The molecule has 0 fully saturated rings. The minimum absolute atomic E-state index is 0.223. The van der Waals surface area contributed by atoms with E-state index in [1.54, 1.807) is 24.3 Å². The maximum atomic E-state index is 12.6. The van der Waals surface area contributed by atoms with Gasteiger partial charge in [-0.05, 0) is 39.7 Å². The van der Waals surface area contributed by atoms with Crippen molar-refractivity contribution in [1.29, 1.82) is 0 Å². The topological polar surface area (TPSA) is 70.5 Å². The van der Waals surface area contributed by atoms with Gasteiger partial charge in [-0.2, -0.15) is 0 Å². The lowest BCUT2D eigenvalue weighted by molar-refractivity contribution is -0.138. The van der Waals surface area contributed by atoms with E-state index in [0.29, 0.717) is 12.1 Å². The van der Waals surface area contributed by atoms with Crippen molar-refractivity contribution in [3.8, 4) is 0 Å². The second-order valence-electron chi connectivity index (χ2n) is 4.72. The normalized spacial score (nSPS) is 16.6. The number of rotatable bonds is 2. The van der Waals surface area contributed by atoms with E-state index in [1.807, 2.05) is 12.1 Å². The van der Waals surface area contributed by atoms with Crippen LogP contribution in [0.25, 0.3) is 0 Å². The molecule has 0 spiro atoms. The van der Waals surface area contributed by atoms with Crippen LogP contribution in [0.15, 0.2) is 47.1 Å². The van der Waals surface area contributed by atoms with Crippen LogP contribution in [0.5, 0.6) is 0 Å². The number of benzene rings is 1. The molecule has 0 saturated heterocycles. The van der Waals surface area contributed by atoms with Gasteiger partial charge in [0.1, 0.15) is 11.7 Å². The zero-order valence-corrected chi connectivity index (χ0v) is 12.4. The number of hydrogen-bond donors (Lipinski definition) is 1. The molecule has 1 aromatic carbocycles. The standard InChI is InChI=1S/C15H11BrN2O3/c16-10-5-6-11(17-8-10)14(19)18-12-4-2-1-3-9(12)7-13(18)15(20)21/h1-6,8,13H,7H2,(H,20,21). The molecule has 0 bridgehead atoms. The largest absolute Gasteiger partial charge is 0.480 e. The molecule has 1 N–H and O–H groups in total. The first kappa shape index (κ1) is 13.8. The molecule has 1 atom stereocenters. The van der Waals surface area contributed by atoms with Gasteiger partial charge in [0.25, 0.3) is 5.91 Å². The Labute approximate surface area is 129 Å². The van der Waals surface area contributed by atoms with E-state index < -0.39 is 17.9 Å². The molecule has 106 valence electrons. The quantitative estimate of drug-likeness (QED) is 0.906. The Hall–Kier alpha value is -2.21. The summed E-state index contributed by atoms with van der Waals surface area (Å²) in [5.41, 5.74) is 1.72. The number of carbonyl (C=O) groups is 2. The van der Waals surface area contributed by atoms with Crippen molar-refractivity contribution >= 4 is 33.5 Å². The number of pyridine rings is 1. The maximum absolute atomic E-state index is 12.6. The third-order valence-corrected chi connectivity index (χ3v) is 3.90. The van der Waals surface area contributed by atoms with Crippen molar-refractivity contribution in [2.24, 2.45) is 0 Å². The van der Waals surface area contributed by atoms with E-state index in [4.69, 9.17) is 0 Å². The molecule has 0 saturated carbocycles. The number of aromatic nitrogens is 1. The van der Waals surface area contributed by atoms with Crippen molar-refractivity contribution in [1.82, 2.24) is 4.98 Å². The molecule has 1 unspecified atom stereocenters. The van der Waals surface area contributed by atoms with Gasteiger partial charge in [-0.25, -0.2) is 9.78 Å². The minimum atomic E-state index is -1.02. The van der Waals surface area contributed by atoms with Crippen LogP contribution >= 0.6 is 15.9 Å². The number of nitrogens with zero attached hydrogens (tertiary/aromatic N) is 2. The Bertz CT molecular complexity index is 715. The minimum Gasteiger partial charge on any atom is -0.480 e. The van der Waals surface area contributed by atoms with Crippen LogP contribution in [-0.4, -0.2) is 28.0 Å². The molecule has 2 aromatic rings. The van der Waals surface area contributed by atoms with E-state index in [2.05, 4.69) is 20.9 Å². The number of para-hydroxylation sites is 1. The predicted octanol–water partition coefficient (Wildman–Crippen LogP) is 2.50. The monoisotopic (exact) mass is 346 g/mol. The lowest BCUT2D eigenvalue weighted by atomic mass is 10.1. The van der Waals surface area contributed by atoms with Crippen LogP contribution < -0.4 is 4.90 Å². The summed E-state index contributed by atoms with van der Waals surface area (Å²) in [4.78, 5) is 29.4. The van der Waals surface area contributed by atoms with Crippen molar-refractivity contribution in [3.05, 3.63) is 58.3 Å². The number of hydrogen-bond acceptors (Lipinski definition) is 3. The van der Waals surface area contributed by atoms with Crippen molar-refractivity contribution in [3.63, 3.8) is 0 Å². The lowest BCUT2D eigenvalue weighted by Gasteiger charge is -2.22. The van der Waals surface area contributed by atoms with Gasteiger partial charge in [-0.3, -0.25) is 9.69 Å². The van der Waals surface area contributed by atoms with E-state index in [0.717, 1.165) is 10.0 Å². The molecule has 6 heteroatoms. The molecular formula is C15H11BrN2O3. The summed E-state index contributed by atoms with van der Waals surface area (Å²) in [5, 5.41) is 9.37. The lowest BCUT2D eigenvalue weighted by Crippen LogP contribution is -2.43. The van der Waals surface area contributed by atoms with E-state index in [-0.39, 0.29) is 5.69 Å². The maximum Gasteiger partial charge on any atom is 0.327 e. The fourth-order valence-corrected chi connectivity index (χ4v) is 2.69. The van der Waals surface area contributed by atoms with Crippen molar-refractivity contribution < 1.29 is 14.7 Å². The number of carboxylic acid groups (broad SMARTS) is 1. The average Bonchev–Trinajstić information content (AvgIpc) is 2.87. The average molecular weight is 347 g/mol. The molecule has 1 aromatic heterocycles. The van der Waals surface area contributed by atoms with Gasteiger partial charge in [0.05, 0.1) is 0 Å². The molecule has 1 aliphatic rings. The Morgan fingerprint density at radius 2 is 2.00 bits per heavy atom. The SMILES string of the molecule is O=C(O)C1Cc2ccccc2N1C(=O)c1ccc(Br)cn1. The smallest absolute Gasteiger partial charge is 0.327 e.